The maximum atomic E-state index is 11.9. The predicted molar refractivity (Wildman–Crippen MR) is 70.9 cm³/mol. The third-order valence-corrected chi connectivity index (χ3v) is 2.63. The van der Waals surface area contributed by atoms with Gasteiger partial charge in [0.1, 0.15) is 5.02 Å². The molecule has 0 saturated heterocycles. The topological polar surface area (TPSA) is 118 Å². The van der Waals surface area contributed by atoms with E-state index in [1.807, 2.05) is 0 Å². The molecule has 0 aliphatic heterocycles. The molecule has 1 heterocycles. The van der Waals surface area contributed by atoms with Gasteiger partial charge in [0.2, 0.25) is 0 Å². The Morgan fingerprint density at radius 2 is 2.10 bits per heavy atom. The van der Waals surface area contributed by atoms with E-state index in [1.54, 1.807) is 0 Å². The summed E-state index contributed by atoms with van der Waals surface area (Å²) in [5, 5.41) is 18.6. The average Bonchev–Trinajstić information content (AvgIpc) is 2.40. The molecule has 2 rings (SSSR count). The molecule has 2 N–H and O–H groups in total. The number of hydrogen-bond donors (Lipinski definition) is 2. The van der Waals surface area contributed by atoms with E-state index in [2.05, 4.69) is 15.5 Å². The van der Waals surface area contributed by atoms with Crippen LogP contribution in [0, 0.1) is 10.1 Å². The van der Waals surface area contributed by atoms with Crippen molar-refractivity contribution in [1.29, 1.82) is 0 Å². The second-order valence-electron chi connectivity index (χ2n) is 3.68. The molecule has 8 nitrogen and oxygen atoms in total. The number of rotatable bonds is 3. The van der Waals surface area contributed by atoms with E-state index in [0.29, 0.717) is 0 Å². The number of nitrogens with one attached hydrogen (secondary N) is 2. The molecule has 1 aromatic carbocycles. The molecule has 1 amide bonds. The predicted octanol–water partition coefficient (Wildman–Crippen LogP) is 1.58. The van der Waals surface area contributed by atoms with Crippen LogP contribution < -0.4 is 10.9 Å². The van der Waals surface area contributed by atoms with Gasteiger partial charge >= 0.3 is 0 Å². The number of H-pyrrole nitrogens is 1. The third-order valence-electron chi connectivity index (χ3n) is 2.33. The summed E-state index contributed by atoms with van der Waals surface area (Å²) in [7, 11) is 0. The number of anilines is 1. The van der Waals surface area contributed by atoms with Gasteiger partial charge in [0, 0.05) is 17.7 Å². The Morgan fingerprint density at radius 3 is 2.65 bits per heavy atom. The van der Waals surface area contributed by atoms with E-state index in [-0.39, 0.29) is 22.1 Å². The lowest BCUT2D eigenvalue weighted by Crippen LogP contribution is -2.15. The Balaban J connectivity index is 2.21. The Hall–Kier alpha value is -2.74. The Kier molecular flexibility index (Phi) is 3.76. The molecule has 0 aliphatic rings. The molecule has 20 heavy (non-hydrogen) atoms. The summed E-state index contributed by atoms with van der Waals surface area (Å²) in [5.74, 6) is -0.412. The van der Waals surface area contributed by atoms with Crippen LogP contribution in [0.1, 0.15) is 10.4 Å². The summed E-state index contributed by atoms with van der Waals surface area (Å²) < 4.78 is 0. The summed E-state index contributed by atoms with van der Waals surface area (Å²) in [4.78, 5) is 32.6. The second kappa shape index (κ2) is 5.49. The largest absolute Gasteiger partial charge is 0.305 e. The molecule has 9 heteroatoms. The van der Waals surface area contributed by atoms with Gasteiger partial charge in [-0.2, -0.15) is 5.10 Å². The molecule has 0 unspecified atom stereocenters. The van der Waals surface area contributed by atoms with E-state index in [9.17, 15) is 19.7 Å². The minimum Gasteiger partial charge on any atom is -0.305 e. The SMILES string of the molecule is O=C(Nc1ccc(=O)[nH]n1)c1ccc([N+](=O)[O-])c(Cl)c1. The summed E-state index contributed by atoms with van der Waals surface area (Å²) in [5.41, 5.74) is -0.555. The van der Waals surface area contributed by atoms with Gasteiger partial charge in [0.05, 0.1) is 4.92 Å². The zero-order valence-electron chi connectivity index (χ0n) is 9.79. The van der Waals surface area contributed by atoms with Crippen LogP contribution in [0.25, 0.3) is 0 Å². The van der Waals surface area contributed by atoms with Crippen LogP contribution in [0.3, 0.4) is 0 Å². The molecule has 0 fully saturated rings. The first kappa shape index (κ1) is 13.7. The molecule has 0 radical (unpaired) electrons. The van der Waals surface area contributed by atoms with Gasteiger partial charge in [-0.3, -0.25) is 19.7 Å². The van der Waals surface area contributed by atoms with Crippen LogP contribution in [0.2, 0.25) is 5.02 Å². The number of amides is 1. The lowest BCUT2D eigenvalue weighted by Gasteiger charge is -2.04. The lowest BCUT2D eigenvalue weighted by molar-refractivity contribution is -0.384. The summed E-state index contributed by atoms with van der Waals surface area (Å²) >= 11 is 5.71. The molecule has 102 valence electrons. The molecule has 2 aromatic rings. The van der Waals surface area contributed by atoms with Gasteiger partial charge in [0.25, 0.3) is 17.2 Å². The molecule has 1 aromatic heterocycles. The van der Waals surface area contributed by atoms with Crippen molar-refractivity contribution in [2.45, 2.75) is 0 Å². The highest BCUT2D eigenvalue weighted by atomic mass is 35.5. The Bertz CT molecular complexity index is 723. The minimum atomic E-state index is -0.645. The van der Waals surface area contributed by atoms with Gasteiger partial charge in [-0.1, -0.05) is 11.6 Å². The number of benzene rings is 1. The van der Waals surface area contributed by atoms with E-state index >= 15 is 0 Å². The Morgan fingerprint density at radius 1 is 1.35 bits per heavy atom. The fourth-order valence-electron chi connectivity index (χ4n) is 1.40. The van der Waals surface area contributed by atoms with Crippen molar-refractivity contribution in [2.75, 3.05) is 5.32 Å². The number of carbonyl (C=O) groups excluding carboxylic acids is 1. The first-order valence-corrected chi connectivity index (χ1v) is 5.66. The zero-order valence-corrected chi connectivity index (χ0v) is 10.5. The van der Waals surface area contributed by atoms with Gasteiger partial charge < -0.3 is 5.32 Å². The number of halogens is 1. The van der Waals surface area contributed by atoms with E-state index in [4.69, 9.17) is 11.6 Å². The molecule has 0 spiro atoms. The van der Waals surface area contributed by atoms with E-state index < -0.39 is 16.4 Å². The van der Waals surface area contributed by atoms with Crippen molar-refractivity contribution in [3.05, 3.63) is 61.4 Å². The number of nitrogens with zero attached hydrogens (tertiary/aromatic N) is 2. The molecule has 0 saturated carbocycles. The minimum absolute atomic E-state index is 0.133. The van der Waals surface area contributed by atoms with Crippen LogP contribution in [-0.2, 0) is 0 Å². The van der Waals surface area contributed by atoms with Gasteiger partial charge in [-0.25, -0.2) is 5.10 Å². The fourth-order valence-corrected chi connectivity index (χ4v) is 1.65. The molecular formula is C11H7ClN4O4. The Labute approximate surface area is 116 Å². The summed E-state index contributed by atoms with van der Waals surface area (Å²) in [6.07, 6.45) is 0. The van der Waals surface area contributed by atoms with Crippen LogP contribution in [0.4, 0.5) is 11.5 Å². The smallest absolute Gasteiger partial charge is 0.287 e. The number of hydrogen-bond acceptors (Lipinski definition) is 5. The van der Waals surface area contributed by atoms with Crippen LogP contribution >= 0.6 is 11.6 Å². The van der Waals surface area contributed by atoms with Crippen LogP contribution in [0.5, 0.6) is 0 Å². The monoisotopic (exact) mass is 294 g/mol. The van der Waals surface area contributed by atoms with Gasteiger partial charge in [-0.15, -0.1) is 0 Å². The molecule has 0 atom stereocenters. The van der Waals surface area contributed by atoms with Crippen molar-refractivity contribution < 1.29 is 9.72 Å². The van der Waals surface area contributed by atoms with E-state index in [1.165, 1.54) is 24.3 Å². The third kappa shape index (κ3) is 2.98. The first-order valence-electron chi connectivity index (χ1n) is 5.28. The number of nitro groups is 1. The molecular weight excluding hydrogens is 288 g/mol. The van der Waals surface area contributed by atoms with Crippen molar-refractivity contribution >= 4 is 29.0 Å². The number of aromatic nitrogens is 2. The maximum absolute atomic E-state index is 11.9. The molecule has 0 bridgehead atoms. The zero-order chi connectivity index (χ0) is 14.7. The number of aromatic amines is 1. The molecule has 0 aliphatic carbocycles. The van der Waals surface area contributed by atoms with Crippen molar-refractivity contribution in [1.82, 2.24) is 10.2 Å². The quantitative estimate of drug-likeness (QED) is 0.658. The van der Waals surface area contributed by atoms with Crippen molar-refractivity contribution in [3.63, 3.8) is 0 Å². The second-order valence-corrected chi connectivity index (χ2v) is 4.09. The first-order chi connectivity index (χ1) is 9.47. The highest BCUT2D eigenvalue weighted by Gasteiger charge is 2.15. The maximum Gasteiger partial charge on any atom is 0.287 e. The summed E-state index contributed by atoms with van der Waals surface area (Å²) in [6, 6.07) is 6.11. The van der Waals surface area contributed by atoms with Crippen LogP contribution in [-0.4, -0.2) is 21.0 Å². The highest BCUT2D eigenvalue weighted by molar-refractivity contribution is 6.33. The average molecular weight is 295 g/mol. The number of nitro benzene ring substituents is 1. The standard InChI is InChI=1S/C11H7ClN4O4/c12-7-5-6(1-2-8(7)16(19)20)11(18)13-9-3-4-10(17)15-14-9/h1-5H,(H,15,17)(H,13,14,18). The number of carbonyl (C=O) groups is 1. The van der Waals surface area contributed by atoms with Crippen LogP contribution in [0.15, 0.2) is 35.1 Å². The van der Waals surface area contributed by atoms with Gasteiger partial charge in [0.15, 0.2) is 5.82 Å². The van der Waals surface area contributed by atoms with Gasteiger partial charge in [-0.05, 0) is 18.2 Å². The lowest BCUT2D eigenvalue weighted by atomic mass is 10.2. The highest BCUT2D eigenvalue weighted by Crippen LogP contribution is 2.25. The van der Waals surface area contributed by atoms with Crippen molar-refractivity contribution in [3.8, 4) is 0 Å². The summed E-state index contributed by atoms with van der Waals surface area (Å²) in [6.45, 7) is 0. The van der Waals surface area contributed by atoms with Crippen molar-refractivity contribution in [2.24, 2.45) is 0 Å². The fraction of sp³-hybridized carbons (Fsp3) is 0. The van der Waals surface area contributed by atoms with E-state index in [0.717, 1.165) is 6.07 Å². The normalized spacial score (nSPS) is 10.1.